The minimum atomic E-state index is -0.593. The molecular formula is C22H14Br2O6S2. The molecule has 0 bridgehead atoms. The first kappa shape index (κ1) is 24.2. The van der Waals surface area contributed by atoms with E-state index in [-0.39, 0.29) is 20.6 Å². The summed E-state index contributed by atoms with van der Waals surface area (Å²) in [5.74, 6) is -1.54. The van der Waals surface area contributed by atoms with E-state index in [1.54, 1.807) is 48.5 Å². The molecule has 0 aliphatic rings. The van der Waals surface area contributed by atoms with Gasteiger partial charge in [0.25, 0.3) is 9.48 Å². The first-order valence-electron chi connectivity index (χ1n) is 8.88. The number of ether oxygens (including phenoxy) is 2. The molecule has 0 aliphatic heterocycles. The molecule has 10 heteroatoms. The van der Waals surface area contributed by atoms with E-state index >= 15 is 0 Å². The fraction of sp³-hybridized carbons (Fsp3) is 0.0909. The lowest BCUT2D eigenvalue weighted by molar-refractivity contribution is 0.100. The van der Waals surface area contributed by atoms with Gasteiger partial charge in [-0.15, -0.1) is 0 Å². The van der Waals surface area contributed by atoms with E-state index in [4.69, 9.17) is 9.47 Å². The van der Waals surface area contributed by atoms with Crippen LogP contribution in [-0.2, 0) is 9.47 Å². The van der Waals surface area contributed by atoms with Gasteiger partial charge in [0.1, 0.15) is 9.06 Å². The van der Waals surface area contributed by atoms with Crippen molar-refractivity contribution in [1.29, 1.82) is 0 Å². The van der Waals surface area contributed by atoms with Gasteiger partial charge in [-0.2, -0.15) is 0 Å². The highest BCUT2D eigenvalue weighted by atomic mass is 79.9. The van der Waals surface area contributed by atoms with Crippen molar-refractivity contribution in [3.63, 3.8) is 0 Å². The number of carbonyl (C=O) groups excluding carboxylic acids is 2. The van der Waals surface area contributed by atoms with Crippen LogP contribution in [0, 0.1) is 0 Å². The number of rotatable bonds is 6. The third kappa shape index (κ3) is 5.15. The Hall–Kier alpha value is -2.40. The zero-order chi connectivity index (χ0) is 23.4. The van der Waals surface area contributed by atoms with E-state index in [1.807, 2.05) is 0 Å². The Morgan fingerprint density at radius 2 is 0.969 bits per heavy atom. The third-order valence-corrected chi connectivity index (χ3v) is 7.45. The molecule has 6 nitrogen and oxygen atoms in total. The van der Waals surface area contributed by atoms with E-state index in [0.717, 1.165) is 8.95 Å². The smallest absolute Gasteiger partial charge is 0.254 e. The van der Waals surface area contributed by atoms with Crippen LogP contribution in [0.4, 0.5) is 0 Å². The van der Waals surface area contributed by atoms with Gasteiger partial charge >= 0.3 is 0 Å². The summed E-state index contributed by atoms with van der Waals surface area (Å²) < 4.78 is 10.5. The van der Waals surface area contributed by atoms with Gasteiger partial charge in [0, 0.05) is 20.1 Å². The van der Waals surface area contributed by atoms with Gasteiger partial charge in [-0.25, -0.2) is 0 Å². The van der Waals surface area contributed by atoms with Crippen molar-refractivity contribution in [1.82, 2.24) is 0 Å². The van der Waals surface area contributed by atoms with E-state index in [0.29, 0.717) is 33.8 Å². The van der Waals surface area contributed by atoms with Crippen molar-refractivity contribution in [2.45, 2.75) is 0 Å². The molecule has 0 spiro atoms. The topological polar surface area (TPSA) is 86.7 Å². The Kier molecular flexibility index (Phi) is 7.94. The molecule has 0 unspecified atom stereocenters. The average molecular weight is 598 g/mol. The van der Waals surface area contributed by atoms with E-state index in [2.05, 4.69) is 31.9 Å². The van der Waals surface area contributed by atoms with E-state index in [9.17, 15) is 19.2 Å². The van der Waals surface area contributed by atoms with Gasteiger partial charge < -0.3 is 9.47 Å². The Morgan fingerprint density at radius 3 is 1.25 bits per heavy atom. The zero-order valence-corrected chi connectivity index (χ0v) is 21.4. The Labute approximate surface area is 206 Å². The molecule has 1 heterocycles. The SMILES string of the molecule is CO/C(C(=O)c1ccc(Br)cc1)=c1\sc(=O)/c(=C(\OC)C(=O)c2ccc(Br)cc2)sc1=O. The highest BCUT2D eigenvalue weighted by Crippen LogP contribution is 2.15. The number of ketones is 2. The van der Waals surface area contributed by atoms with Crippen LogP contribution in [0.15, 0.2) is 67.1 Å². The average Bonchev–Trinajstić information content (AvgIpc) is 2.78. The lowest BCUT2D eigenvalue weighted by atomic mass is 10.1. The minimum Gasteiger partial charge on any atom is -0.491 e. The molecule has 0 saturated heterocycles. The molecule has 0 saturated carbocycles. The molecule has 0 amide bonds. The molecule has 3 rings (SSSR count). The summed E-state index contributed by atoms with van der Waals surface area (Å²) in [4.78, 5) is 51.4. The molecule has 32 heavy (non-hydrogen) atoms. The third-order valence-electron chi connectivity index (χ3n) is 4.21. The molecule has 0 radical (unpaired) electrons. The summed E-state index contributed by atoms with van der Waals surface area (Å²) in [5.41, 5.74) is 0.598. The van der Waals surface area contributed by atoms with Gasteiger partial charge in [0.05, 0.1) is 14.2 Å². The van der Waals surface area contributed by atoms with Crippen LogP contribution in [0.2, 0.25) is 0 Å². The van der Waals surface area contributed by atoms with Crippen molar-refractivity contribution >= 4 is 77.6 Å². The summed E-state index contributed by atoms with van der Waals surface area (Å²) >= 11 is 7.66. The highest BCUT2D eigenvalue weighted by Gasteiger charge is 2.20. The van der Waals surface area contributed by atoms with Gasteiger partial charge in [-0.1, -0.05) is 54.5 Å². The van der Waals surface area contributed by atoms with Crippen LogP contribution in [0.25, 0.3) is 11.5 Å². The van der Waals surface area contributed by atoms with Crippen LogP contribution in [0.5, 0.6) is 0 Å². The molecule has 2 aromatic carbocycles. The van der Waals surface area contributed by atoms with Crippen molar-refractivity contribution in [2.75, 3.05) is 14.2 Å². The number of carbonyl (C=O) groups is 2. The summed E-state index contributed by atoms with van der Waals surface area (Å²) in [5, 5.41) is 0. The fourth-order valence-electron chi connectivity index (χ4n) is 2.68. The zero-order valence-electron chi connectivity index (χ0n) is 16.6. The van der Waals surface area contributed by atoms with Crippen LogP contribution in [0.3, 0.4) is 0 Å². The number of Topliss-reactive ketones (excluding diaryl/α,β-unsaturated/α-hetero) is 2. The molecule has 3 aromatic rings. The van der Waals surface area contributed by atoms with Crippen LogP contribution < -0.4 is 18.5 Å². The van der Waals surface area contributed by atoms with Crippen LogP contribution in [-0.4, -0.2) is 25.8 Å². The van der Waals surface area contributed by atoms with Gasteiger partial charge in [0.2, 0.25) is 11.6 Å². The van der Waals surface area contributed by atoms with Gasteiger partial charge in [-0.05, 0) is 48.5 Å². The van der Waals surface area contributed by atoms with E-state index < -0.39 is 21.1 Å². The van der Waals surface area contributed by atoms with Crippen molar-refractivity contribution in [3.8, 4) is 0 Å². The molecule has 1 aromatic heterocycles. The van der Waals surface area contributed by atoms with Crippen molar-refractivity contribution in [2.24, 2.45) is 0 Å². The van der Waals surface area contributed by atoms with E-state index in [1.165, 1.54) is 14.2 Å². The first-order valence-corrected chi connectivity index (χ1v) is 12.1. The van der Waals surface area contributed by atoms with Gasteiger partial charge in [0.15, 0.2) is 11.5 Å². The summed E-state index contributed by atoms with van der Waals surface area (Å²) in [6.45, 7) is 0. The van der Waals surface area contributed by atoms with Gasteiger partial charge in [-0.3, -0.25) is 19.2 Å². The Morgan fingerprint density at radius 1 is 0.656 bits per heavy atom. The Bertz CT molecular complexity index is 1310. The lowest BCUT2D eigenvalue weighted by Gasteiger charge is -2.06. The van der Waals surface area contributed by atoms with Crippen LogP contribution >= 0.6 is 54.5 Å². The fourth-order valence-corrected chi connectivity index (χ4v) is 5.16. The second-order valence-electron chi connectivity index (χ2n) is 6.18. The lowest BCUT2D eigenvalue weighted by Crippen LogP contribution is -2.37. The second-order valence-corrected chi connectivity index (χ2v) is 9.97. The summed E-state index contributed by atoms with van der Waals surface area (Å²) in [7, 11) is 2.51. The maximum absolute atomic E-state index is 12.9. The predicted molar refractivity (Wildman–Crippen MR) is 132 cm³/mol. The van der Waals surface area contributed by atoms with Crippen LogP contribution in [0.1, 0.15) is 20.7 Å². The number of hydrogen-bond acceptors (Lipinski definition) is 8. The molecule has 0 atom stereocenters. The molecule has 0 aliphatic carbocycles. The first-order chi connectivity index (χ1) is 15.3. The second kappa shape index (κ2) is 10.5. The maximum Gasteiger partial charge on any atom is 0.254 e. The molecule has 164 valence electrons. The molecular weight excluding hydrogens is 584 g/mol. The largest absolute Gasteiger partial charge is 0.491 e. The standard InChI is InChI=1S/C22H14Br2O6S2/c1-29-17(15(25)11-3-7-13(23)8-4-11)19-21(27)32-20(22(28)31-19)18(30-2)16(26)12-5-9-14(24)10-6-12/h3-10H,1-2H3/b19-17-,20-18+. The van der Waals surface area contributed by atoms with Crippen molar-refractivity contribution in [3.05, 3.63) is 96.7 Å². The number of halogens is 2. The summed E-state index contributed by atoms with van der Waals surface area (Å²) in [6, 6.07) is 13.0. The molecule has 0 fully saturated rings. The quantitative estimate of drug-likeness (QED) is 0.405. The maximum atomic E-state index is 12.9. The summed E-state index contributed by atoms with van der Waals surface area (Å²) in [6.07, 6.45) is 0. The normalized spacial score (nSPS) is 12.6. The Balaban J connectivity index is 2.21. The number of benzene rings is 2. The van der Waals surface area contributed by atoms with Crippen molar-refractivity contribution < 1.29 is 19.1 Å². The molecule has 0 N–H and O–H groups in total. The monoisotopic (exact) mass is 596 g/mol. The highest BCUT2D eigenvalue weighted by molar-refractivity contribution is 9.10. The number of methoxy groups -OCH3 is 2. The minimum absolute atomic E-state index is 0.134. The number of hydrogen-bond donors (Lipinski definition) is 0. The predicted octanol–water partition coefficient (Wildman–Crippen LogP) is 3.33.